The molecule has 19 heteroatoms. The molecule has 61 heavy (non-hydrogen) atoms. The highest BCUT2D eigenvalue weighted by Crippen LogP contribution is 2.46. The van der Waals surface area contributed by atoms with Crippen LogP contribution in [0.3, 0.4) is 0 Å². The molecule has 0 aromatic rings. The summed E-state index contributed by atoms with van der Waals surface area (Å²) in [5, 5.41) is 23.5. The van der Waals surface area contributed by atoms with Crippen LogP contribution in [-0.2, 0) is 38.4 Å². The Morgan fingerprint density at radius 3 is 1.95 bits per heavy atom. The van der Waals surface area contributed by atoms with Gasteiger partial charge >= 0.3 is 0 Å². The second-order valence-electron chi connectivity index (χ2n) is 18.8. The normalized spacial score (nSPS) is 31.6. The van der Waals surface area contributed by atoms with Crippen molar-refractivity contribution in [3.8, 4) is 0 Å². The van der Waals surface area contributed by atoms with Gasteiger partial charge in [-0.2, -0.15) is 0 Å². The first kappa shape index (κ1) is 51.8. The van der Waals surface area contributed by atoms with Crippen molar-refractivity contribution >= 4 is 68.8 Å². The number of nitrogens with one attached hydrogen (secondary N) is 8. The fourth-order valence-corrected chi connectivity index (χ4v) is 11.2. The van der Waals surface area contributed by atoms with E-state index in [0.717, 1.165) is 19.3 Å². The highest BCUT2D eigenvalue weighted by atomic mass is 33.1. The zero-order valence-electron chi connectivity index (χ0n) is 37.8. The van der Waals surface area contributed by atoms with Crippen molar-refractivity contribution in [1.29, 1.82) is 0 Å². The van der Waals surface area contributed by atoms with E-state index in [1.165, 1.54) is 35.4 Å². The fraction of sp³-hybridized carbons (Fsp3) is 0.810. The molecule has 2 heterocycles. The Balaban J connectivity index is 2.11. The van der Waals surface area contributed by atoms with Crippen molar-refractivity contribution in [3.05, 3.63) is 0 Å². The van der Waals surface area contributed by atoms with Crippen LogP contribution >= 0.6 is 21.6 Å². The van der Waals surface area contributed by atoms with E-state index < -0.39 is 93.5 Å². The highest BCUT2D eigenvalue weighted by molar-refractivity contribution is 8.77. The first-order chi connectivity index (χ1) is 28.4. The quantitative estimate of drug-likeness (QED) is 0.100. The van der Waals surface area contributed by atoms with E-state index in [1.54, 1.807) is 13.8 Å². The predicted octanol–water partition coefficient (Wildman–Crippen LogP) is 1.53. The molecular formula is C42H73N9O8S2. The van der Waals surface area contributed by atoms with E-state index in [9.17, 15) is 38.4 Å². The fourth-order valence-electron chi connectivity index (χ4n) is 8.34. The SMILES string of the molecule is CC(=O)NCCCC[C@@H]1NC(=O)[C@H](CC2CNC3C(C)CCCC23)NC(=O)[C@H](CC(C)C)NC(=O)[C@H](CC(N)=O)NC(=O)[C@@H](NC(C)=O)C(C)(C)SSC(C)(C)[C@@H](C)NC1=O. The molecule has 0 aromatic carbocycles. The van der Waals surface area contributed by atoms with Crippen LogP contribution in [0.2, 0.25) is 0 Å². The van der Waals surface area contributed by atoms with Crippen molar-refractivity contribution in [3.63, 3.8) is 0 Å². The van der Waals surface area contributed by atoms with Crippen LogP contribution < -0.4 is 48.3 Å². The summed E-state index contributed by atoms with van der Waals surface area (Å²) in [4.78, 5) is 108. The molecule has 346 valence electrons. The largest absolute Gasteiger partial charge is 0.370 e. The van der Waals surface area contributed by atoms with Crippen molar-refractivity contribution in [1.82, 2.24) is 42.5 Å². The van der Waals surface area contributed by atoms with Gasteiger partial charge in [-0.3, -0.25) is 38.4 Å². The second kappa shape index (κ2) is 23.2. The average Bonchev–Trinajstić information content (AvgIpc) is 3.57. The minimum absolute atomic E-state index is 0.0451. The zero-order valence-corrected chi connectivity index (χ0v) is 39.4. The molecule has 3 aliphatic rings. The number of fused-ring (bicyclic) bond motifs is 1. The maximum Gasteiger partial charge on any atom is 0.244 e. The van der Waals surface area contributed by atoms with E-state index in [4.69, 9.17) is 5.73 Å². The first-order valence-electron chi connectivity index (χ1n) is 21.8. The van der Waals surface area contributed by atoms with Crippen molar-refractivity contribution in [2.45, 2.75) is 179 Å². The van der Waals surface area contributed by atoms with E-state index in [2.05, 4.69) is 49.5 Å². The number of hydrogen-bond donors (Lipinski definition) is 9. The van der Waals surface area contributed by atoms with Crippen LogP contribution in [-0.4, -0.2) is 112 Å². The van der Waals surface area contributed by atoms with Crippen LogP contribution in [0.5, 0.6) is 0 Å². The molecule has 2 saturated heterocycles. The third-order valence-electron chi connectivity index (χ3n) is 12.1. The van der Waals surface area contributed by atoms with Crippen molar-refractivity contribution < 1.29 is 38.4 Å². The standard InChI is InChI=1S/C42H73N9O8S2/c1-22(2)18-30-37(56)50-31(19-27-21-45-34-23(3)14-13-15-28(27)34)38(57)48-29(16-11-12-17-44-25(5)52)36(55)46-24(4)41(7,8)60-61-42(9,10)35(47-26(6)53)40(59)51-32(20-33(43)54)39(58)49-30/h22-24,27-32,34-35,45H,11-21H2,1-10H3,(H2,43,54)(H,44,52)(H,46,55)(H,47,53)(H,48,57)(H,49,58)(H,50,56)(H,51,59)/t23?,24-,27?,28?,29+,30+,31+,32+,34?,35-/m1/s1. The molecule has 8 amide bonds. The number of primary amides is 1. The van der Waals surface area contributed by atoms with Gasteiger partial charge in [-0.15, -0.1) is 0 Å². The minimum atomic E-state index is -1.49. The molecule has 17 nitrogen and oxygen atoms in total. The Morgan fingerprint density at radius 2 is 1.33 bits per heavy atom. The molecule has 3 fully saturated rings. The smallest absolute Gasteiger partial charge is 0.244 e. The lowest BCUT2D eigenvalue weighted by atomic mass is 9.73. The number of carbonyl (C=O) groups excluding carboxylic acids is 8. The van der Waals surface area contributed by atoms with Crippen LogP contribution in [0.15, 0.2) is 0 Å². The van der Waals surface area contributed by atoms with E-state index in [0.29, 0.717) is 31.8 Å². The van der Waals surface area contributed by atoms with Crippen LogP contribution in [0.4, 0.5) is 0 Å². The summed E-state index contributed by atoms with van der Waals surface area (Å²) in [5.41, 5.74) is 5.57. The Kier molecular flexibility index (Phi) is 19.7. The zero-order chi connectivity index (χ0) is 45.8. The van der Waals surface area contributed by atoms with Crippen LogP contribution in [0.1, 0.15) is 127 Å². The Hall–Kier alpha value is -3.58. The molecule has 0 aromatic heterocycles. The second-order valence-corrected chi connectivity index (χ2v) is 22.2. The summed E-state index contributed by atoms with van der Waals surface area (Å²) < 4.78 is -1.69. The average molecular weight is 896 g/mol. The lowest BCUT2D eigenvalue weighted by Gasteiger charge is -2.38. The summed E-state index contributed by atoms with van der Waals surface area (Å²) in [6.07, 6.45) is 4.32. The molecule has 2 aliphatic heterocycles. The molecule has 1 aliphatic carbocycles. The van der Waals surface area contributed by atoms with E-state index >= 15 is 0 Å². The lowest BCUT2D eigenvalue weighted by molar-refractivity contribution is -0.136. The van der Waals surface area contributed by atoms with Gasteiger partial charge in [-0.1, -0.05) is 48.8 Å². The molecule has 0 bridgehead atoms. The van der Waals surface area contributed by atoms with Gasteiger partial charge in [0.1, 0.15) is 30.2 Å². The van der Waals surface area contributed by atoms with Gasteiger partial charge in [0, 0.05) is 42.0 Å². The van der Waals surface area contributed by atoms with Crippen LogP contribution in [0.25, 0.3) is 0 Å². The summed E-state index contributed by atoms with van der Waals surface area (Å²) in [5.74, 6) is -4.04. The van der Waals surface area contributed by atoms with E-state index in [1.807, 2.05) is 34.6 Å². The number of amides is 8. The van der Waals surface area contributed by atoms with Crippen molar-refractivity contribution in [2.24, 2.45) is 29.4 Å². The van der Waals surface area contributed by atoms with Gasteiger partial charge in [-0.25, -0.2) is 0 Å². The van der Waals surface area contributed by atoms with Gasteiger partial charge in [-0.05, 0) is 110 Å². The summed E-state index contributed by atoms with van der Waals surface area (Å²) in [7, 11) is 2.69. The molecule has 10 atom stereocenters. The Labute approximate surface area is 369 Å². The number of unbranched alkanes of at least 4 members (excludes halogenated alkanes) is 1. The first-order valence-corrected chi connectivity index (χ1v) is 24.0. The summed E-state index contributed by atoms with van der Waals surface area (Å²) in [6, 6.07) is -6.12. The third-order valence-corrected chi connectivity index (χ3v) is 16.5. The molecule has 0 radical (unpaired) electrons. The third kappa shape index (κ3) is 15.9. The number of rotatable bonds is 12. The highest BCUT2D eigenvalue weighted by Gasteiger charge is 2.45. The number of carbonyl (C=O) groups is 8. The molecule has 0 spiro atoms. The molecular weight excluding hydrogens is 823 g/mol. The Morgan fingerprint density at radius 1 is 0.754 bits per heavy atom. The monoisotopic (exact) mass is 896 g/mol. The summed E-state index contributed by atoms with van der Waals surface area (Å²) in [6.45, 7) is 18.9. The number of hydrogen-bond acceptors (Lipinski definition) is 11. The van der Waals surface area contributed by atoms with Gasteiger partial charge < -0.3 is 48.3 Å². The van der Waals surface area contributed by atoms with Crippen LogP contribution in [0, 0.1) is 23.7 Å². The van der Waals surface area contributed by atoms with Gasteiger partial charge in [0.25, 0.3) is 0 Å². The summed E-state index contributed by atoms with van der Waals surface area (Å²) >= 11 is 0. The molecule has 1 saturated carbocycles. The maximum atomic E-state index is 14.6. The predicted molar refractivity (Wildman–Crippen MR) is 238 cm³/mol. The van der Waals surface area contributed by atoms with Crippen molar-refractivity contribution in [2.75, 3.05) is 13.1 Å². The lowest BCUT2D eigenvalue weighted by Crippen LogP contribution is -2.62. The molecule has 4 unspecified atom stereocenters. The molecule has 10 N–H and O–H groups in total. The van der Waals surface area contributed by atoms with Gasteiger partial charge in [0.05, 0.1) is 6.42 Å². The minimum Gasteiger partial charge on any atom is -0.370 e. The van der Waals surface area contributed by atoms with Gasteiger partial charge in [0.2, 0.25) is 47.3 Å². The van der Waals surface area contributed by atoms with Gasteiger partial charge in [0.15, 0.2) is 0 Å². The number of nitrogens with two attached hydrogens (primary N) is 1. The molecule has 3 rings (SSSR count). The van der Waals surface area contributed by atoms with E-state index in [-0.39, 0.29) is 49.0 Å². The topological polar surface area (TPSA) is 259 Å². The maximum absolute atomic E-state index is 14.6. The Bertz CT molecular complexity index is 1600.